The van der Waals surface area contributed by atoms with Crippen molar-refractivity contribution in [1.82, 2.24) is 0 Å². The molecule has 0 radical (unpaired) electrons. The molecule has 0 aliphatic heterocycles. The summed E-state index contributed by atoms with van der Waals surface area (Å²) in [5, 5.41) is 18.8. The number of unbranched alkanes of at least 4 members (excludes halogenated alkanes) is 3. The van der Waals surface area contributed by atoms with Crippen LogP contribution in [0, 0.1) is 20.5 Å². The molecule has 0 saturated heterocycles. The van der Waals surface area contributed by atoms with Gasteiger partial charge in [0.2, 0.25) is 0 Å². The van der Waals surface area contributed by atoms with Gasteiger partial charge in [-0.2, -0.15) is 0 Å². The first kappa shape index (κ1) is 12.0. The van der Waals surface area contributed by atoms with Crippen LogP contribution in [-0.4, -0.2) is 29.9 Å². The van der Waals surface area contributed by atoms with Gasteiger partial charge in [-0.1, -0.05) is 0 Å². The summed E-state index contributed by atoms with van der Waals surface area (Å²) < 4.78 is 0. The van der Waals surface area contributed by atoms with Crippen LogP contribution in [0.3, 0.4) is 0 Å². The summed E-state index contributed by atoms with van der Waals surface area (Å²) in [5.74, 6) is 0. The minimum absolute atomic E-state index is 0.219. The number of nitriles is 2. The van der Waals surface area contributed by atoms with Crippen molar-refractivity contribution in [3.63, 3.8) is 0 Å². The van der Waals surface area contributed by atoms with Crippen molar-refractivity contribution in [1.29, 1.82) is 10.5 Å². The Labute approximate surface area is 86.6 Å². The van der Waals surface area contributed by atoms with Gasteiger partial charge < -0.3 is 0 Å². The second-order valence-electron chi connectivity index (χ2n) is 2.29. The van der Waals surface area contributed by atoms with Crippen molar-refractivity contribution in [2.45, 2.75) is 36.3 Å². The predicted molar refractivity (Wildman–Crippen MR) is 50.8 cm³/mol. The summed E-state index contributed by atoms with van der Waals surface area (Å²) >= 11 is 0.438. The van der Waals surface area contributed by atoms with Crippen LogP contribution in [0.2, 0.25) is 10.6 Å². The molecule has 2 nitrogen and oxygen atoms in total. The van der Waals surface area contributed by atoms with Gasteiger partial charge in [0.05, 0.1) is 0 Å². The van der Waals surface area contributed by atoms with Crippen LogP contribution >= 0.6 is 0 Å². The third-order valence-electron chi connectivity index (χ3n) is 1.37. The average Bonchev–Trinajstić information content (AvgIpc) is 2.10. The molecule has 0 bridgehead atoms. The zero-order valence-electron chi connectivity index (χ0n) is 6.95. The molecule has 0 aliphatic carbocycles. The summed E-state index contributed by atoms with van der Waals surface area (Å²) in [6.45, 7) is 0. The quantitative estimate of drug-likeness (QED) is 0.530. The third-order valence-corrected chi connectivity index (χ3v) is 3.98. The summed E-state index contributed by atoms with van der Waals surface area (Å²) in [4.78, 5) is 4.40. The molecule has 0 aromatic rings. The predicted octanol–water partition coefficient (Wildman–Crippen LogP) is 1.75. The molecule has 4 heteroatoms. The molecule has 0 fully saturated rings. The molecule has 0 aromatic heterocycles. The van der Waals surface area contributed by atoms with E-state index >= 15 is 0 Å². The van der Waals surface area contributed by atoms with Crippen LogP contribution < -0.4 is 0 Å². The Balaban J connectivity index is 2.84. The monoisotopic (exact) mass is 296 g/mol. The maximum absolute atomic E-state index is 8.28. The summed E-state index contributed by atoms with van der Waals surface area (Å²) in [6.07, 6.45) is 4.89. The van der Waals surface area contributed by atoms with Gasteiger partial charge in [-0.25, -0.2) is 0 Å². The van der Waals surface area contributed by atoms with E-state index in [1.54, 1.807) is 0 Å². The molecule has 12 heavy (non-hydrogen) atoms. The van der Waals surface area contributed by atoms with E-state index in [9.17, 15) is 0 Å². The number of hydrogen-bond acceptors (Lipinski definition) is 2. The van der Waals surface area contributed by atoms with Gasteiger partial charge in [0.1, 0.15) is 0 Å². The minimum atomic E-state index is 0.219. The standard InChI is InChI=1S/C8H12N2Se2/c9-7-11-5-3-1-2-4-6-12-8-10/h1-6H2. The summed E-state index contributed by atoms with van der Waals surface area (Å²) in [7, 11) is 0. The van der Waals surface area contributed by atoms with Crippen LogP contribution in [0.25, 0.3) is 0 Å². The first-order chi connectivity index (χ1) is 5.91. The molecule has 0 aromatic carbocycles. The van der Waals surface area contributed by atoms with E-state index in [1.165, 1.54) is 25.7 Å². The molecule has 0 N–H and O–H groups in total. The Morgan fingerprint density at radius 2 is 1.17 bits per heavy atom. The number of rotatable bonds is 7. The summed E-state index contributed by atoms with van der Waals surface area (Å²) in [6, 6.07) is 0. The Morgan fingerprint density at radius 1 is 0.750 bits per heavy atom. The molecular formula is C8H12N2Se2. The normalized spacial score (nSPS) is 8.83. The van der Waals surface area contributed by atoms with E-state index in [1.807, 2.05) is 0 Å². The SMILES string of the molecule is N#C[Se]CCCCCC[Se]C#N. The van der Waals surface area contributed by atoms with Crippen molar-refractivity contribution in [2.24, 2.45) is 0 Å². The van der Waals surface area contributed by atoms with E-state index in [-0.39, 0.29) is 29.9 Å². The molecule has 0 spiro atoms. The number of hydrogen-bond donors (Lipinski definition) is 0. The zero-order chi connectivity index (χ0) is 9.07. The molecule has 0 unspecified atom stereocenters. The van der Waals surface area contributed by atoms with Crippen molar-refractivity contribution in [3.05, 3.63) is 0 Å². The van der Waals surface area contributed by atoms with E-state index in [4.69, 9.17) is 10.5 Å². The van der Waals surface area contributed by atoms with Gasteiger partial charge in [0.25, 0.3) is 0 Å². The van der Waals surface area contributed by atoms with Gasteiger partial charge in [-0.15, -0.1) is 0 Å². The first-order valence-corrected chi connectivity index (χ1v) is 8.07. The topological polar surface area (TPSA) is 47.6 Å². The number of nitrogens with zero attached hydrogens (tertiary/aromatic N) is 2. The molecule has 0 heterocycles. The Morgan fingerprint density at radius 3 is 1.50 bits per heavy atom. The molecule has 0 aliphatic rings. The van der Waals surface area contributed by atoms with Crippen LogP contribution in [0.4, 0.5) is 0 Å². The Kier molecular flexibility index (Phi) is 11.0. The fraction of sp³-hybridized carbons (Fsp3) is 0.750. The van der Waals surface area contributed by atoms with E-state index in [0.29, 0.717) is 0 Å². The third kappa shape index (κ3) is 10.0. The van der Waals surface area contributed by atoms with Crippen LogP contribution in [0.15, 0.2) is 0 Å². The van der Waals surface area contributed by atoms with Gasteiger partial charge >= 0.3 is 86.7 Å². The van der Waals surface area contributed by atoms with Gasteiger partial charge in [0.15, 0.2) is 0 Å². The van der Waals surface area contributed by atoms with E-state index < -0.39 is 0 Å². The van der Waals surface area contributed by atoms with Crippen molar-refractivity contribution >= 4 is 29.9 Å². The Hall–Kier alpha value is 0.0190. The molecule has 66 valence electrons. The van der Waals surface area contributed by atoms with Gasteiger partial charge in [-0.05, 0) is 0 Å². The second kappa shape index (κ2) is 11.0. The van der Waals surface area contributed by atoms with Crippen molar-refractivity contribution in [3.8, 4) is 9.94 Å². The summed E-state index contributed by atoms with van der Waals surface area (Å²) in [5.41, 5.74) is 0. The van der Waals surface area contributed by atoms with Crippen LogP contribution in [0.1, 0.15) is 25.7 Å². The zero-order valence-corrected chi connectivity index (χ0v) is 10.4. The van der Waals surface area contributed by atoms with Crippen molar-refractivity contribution in [2.75, 3.05) is 0 Å². The molecule has 0 saturated carbocycles. The maximum atomic E-state index is 8.28. The molecule has 0 rings (SSSR count). The van der Waals surface area contributed by atoms with E-state index in [0.717, 1.165) is 10.6 Å². The van der Waals surface area contributed by atoms with Crippen molar-refractivity contribution < 1.29 is 0 Å². The van der Waals surface area contributed by atoms with E-state index in [2.05, 4.69) is 9.94 Å². The van der Waals surface area contributed by atoms with Crippen LogP contribution in [0.5, 0.6) is 0 Å². The first-order valence-electron chi connectivity index (χ1n) is 3.93. The van der Waals surface area contributed by atoms with Gasteiger partial charge in [-0.3, -0.25) is 0 Å². The molecule has 0 atom stereocenters. The fourth-order valence-electron chi connectivity index (χ4n) is 0.793. The second-order valence-corrected chi connectivity index (χ2v) is 5.98. The molecule has 0 amide bonds. The molecular weight excluding hydrogens is 282 g/mol. The van der Waals surface area contributed by atoms with Crippen LogP contribution in [-0.2, 0) is 0 Å². The van der Waals surface area contributed by atoms with Gasteiger partial charge in [0, 0.05) is 0 Å². The average molecular weight is 294 g/mol. The fourth-order valence-corrected chi connectivity index (χ4v) is 2.64. The Bertz CT molecular complexity index is 149.